The predicted molar refractivity (Wildman–Crippen MR) is 232 cm³/mol. The van der Waals surface area contributed by atoms with Gasteiger partial charge in [0.1, 0.15) is 5.82 Å². The number of fused-ring (bicyclic) bond motifs is 6. The smallest absolute Gasteiger partial charge is 0.160 e. The Morgan fingerprint density at radius 1 is 0.316 bits per heavy atom. The first-order chi connectivity index (χ1) is 28.2. The van der Waals surface area contributed by atoms with Gasteiger partial charge in [0.25, 0.3) is 0 Å². The van der Waals surface area contributed by atoms with Crippen LogP contribution in [0.2, 0.25) is 0 Å². The maximum atomic E-state index is 15.0. The Bertz CT molecular complexity index is 3220. The molecule has 11 aromatic rings. The zero-order chi connectivity index (χ0) is 37.9. The van der Waals surface area contributed by atoms with E-state index in [1.165, 1.54) is 16.3 Å². The van der Waals surface area contributed by atoms with Crippen molar-refractivity contribution in [1.29, 1.82) is 0 Å². The highest BCUT2D eigenvalue weighted by atomic mass is 19.1. The average Bonchev–Trinajstić information content (AvgIpc) is 3.79. The number of nitrogens with zero attached hydrogens (tertiary/aromatic N) is 4. The second-order valence-electron chi connectivity index (χ2n) is 14.4. The maximum absolute atomic E-state index is 15.0. The molecule has 0 aliphatic carbocycles. The van der Waals surface area contributed by atoms with Crippen LogP contribution < -0.4 is 0 Å². The van der Waals surface area contributed by atoms with E-state index in [1.54, 1.807) is 12.1 Å². The monoisotopic (exact) mass is 732 g/mol. The Balaban J connectivity index is 1.02. The first kappa shape index (κ1) is 32.8. The quantitative estimate of drug-likeness (QED) is 0.171. The van der Waals surface area contributed by atoms with Crippen LogP contribution in [-0.4, -0.2) is 19.1 Å². The molecule has 0 spiro atoms. The van der Waals surface area contributed by atoms with E-state index in [4.69, 9.17) is 9.97 Å². The predicted octanol–water partition coefficient (Wildman–Crippen LogP) is 13.5. The van der Waals surface area contributed by atoms with Gasteiger partial charge in [0, 0.05) is 49.6 Å². The molecule has 0 radical (unpaired) electrons. The summed E-state index contributed by atoms with van der Waals surface area (Å²) in [5, 5.41) is 4.26. The SMILES string of the molecule is Fc1ccc2c(c1)c1cc(-c3ccc4c(c3)c3ccccc3n4-c3ccccc3)ccc1n2-c1ccc(-c2cc(-c3ccccc3)nc(-c3ccccc3)n2)cc1. The van der Waals surface area contributed by atoms with Crippen molar-refractivity contribution in [3.63, 3.8) is 0 Å². The molecule has 57 heavy (non-hydrogen) atoms. The van der Waals surface area contributed by atoms with Crippen LogP contribution in [0.15, 0.2) is 200 Å². The summed E-state index contributed by atoms with van der Waals surface area (Å²) in [6, 6.07) is 68.2. The Hall–Kier alpha value is -7.63. The van der Waals surface area contributed by atoms with Gasteiger partial charge in [-0.15, -0.1) is 0 Å². The zero-order valence-electron chi connectivity index (χ0n) is 30.7. The minimum Gasteiger partial charge on any atom is -0.309 e. The Labute approximate surface area is 328 Å². The number of benzene rings is 8. The second-order valence-corrected chi connectivity index (χ2v) is 14.4. The molecule has 11 rings (SSSR count). The molecule has 5 heteroatoms. The van der Waals surface area contributed by atoms with Gasteiger partial charge >= 0.3 is 0 Å². The van der Waals surface area contributed by atoms with E-state index < -0.39 is 0 Å². The van der Waals surface area contributed by atoms with Crippen molar-refractivity contribution < 1.29 is 4.39 Å². The van der Waals surface area contributed by atoms with Crippen LogP contribution in [0.5, 0.6) is 0 Å². The van der Waals surface area contributed by atoms with Gasteiger partial charge in [0.15, 0.2) is 5.82 Å². The molecule has 3 heterocycles. The summed E-state index contributed by atoms with van der Waals surface area (Å²) in [5.41, 5.74) is 13.3. The van der Waals surface area contributed by atoms with Gasteiger partial charge in [-0.1, -0.05) is 121 Å². The molecule has 0 fully saturated rings. The van der Waals surface area contributed by atoms with E-state index in [0.29, 0.717) is 5.82 Å². The second kappa shape index (κ2) is 13.3. The third-order valence-electron chi connectivity index (χ3n) is 11.0. The lowest BCUT2D eigenvalue weighted by atomic mass is 10.0. The molecule has 0 atom stereocenters. The summed E-state index contributed by atoms with van der Waals surface area (Å²) in [7, 11) is 0. The first-order valence-electron chi connectivity index (χ1n) is 19.1. The fourth-order valence-electron chi connectivity index (χ4n) is 8.31. The number of hydrogen-bond donors (Lipinski definition) is 0. The Kier molecular flexibility index (Phi) is 7.64. The number of aromatic nitrogens is 4. The van der Waals surface area contributed by atoms with Crippen LogP contribution in [0.25, 0.3) is 100 Å². The van der Waals surface area contributed by atoms with Crippen molar-refractivity contribution in [3.05, 3.63) is 206 Å². The largest absolute Gasteiger partial charge is 0.309 e. The summed E-state index contributed by atoms with van der Waals surface area (Å²) in [5.74, 6) is 0.419. The average molecular weight is 733 g/mol. The van der Waals surface area contributed by atoms with Crippen LogP contribution in [0, 0.1) is 5.82 Å². The molecule has 0 bridgehead atoms. The summed E-state index contributed by atoms with van der Waals surface area (Å²) in [4.78, 5) is 9.99. The fourth-order valence-corrected chi connectivity index (χ4v) is 8.31. The molecule has 0 amide bonds. The molecule has 0 N–H and O–H groups in total. The molecule has 268 valence electrons. The van der Waals surface area contributed by atoms with Crippen molar-refractivity contribution in [2.45, 2.75) is 0 Å². The highest BCUT2D eigenvalue weighted by Crippen LogP contribution is 2.39. The van der Waals surface area contributed by atoms with Gasteiger partial charge in [0.2, 0.25) is 0 Å². The fraction of sp³-hybridized carbons (Fsp3) is 0. The van der Waals surface area contributed by atoms with Gasteiger partial charge in [0.05, 0.1) is 33.5 Å². The standard InChI is InChI=1S/C52H33FN4/c53-39-24-29-51-45(32-39)44-31-38(37-22-27-49-43(30-37)42-18-10-11-19-48(42)56(49)40-16-8-3-9-17-40)23-28-50(44)57(51)41-25-20-35(21-26-41)47-33-46(34-12-4-1-5-13-34)54-52(55-47)36-14-6-2-7-15-36/h1-33H. The van der Waals surface area contributed by atoms with Gasteiger partial charge in [-0.3, -0.25) is 0 Å². The third-order valence-corrected chi connectivity index (χ3v) is 11.0. The first-order valence-corrected chi connectivity index (χ1v) is 19.1. The normalized spacial score (nSPS) is 11.6. The van der Waals surface area contributed by atoms with E-state index in [2.05, 4.69) is 137 Å². The van der Waals surface area contributed by atoms with Crippen molar-refractivity contribution in [1.82, 2.24) is 19.1 Å². The van der Waals surface area contributed by atoms with E-state index in [0.717, 1.165) is 77.9 Å². The van der Waals surface area contributed by atoms with E-state index in [1.807, 2.05) is 60.7 Å². The topological polar surface area (TPSA) is 35.6 Å². The number of halogens is 1. The minimum atomic E-state index is -0.260. The molecule has 0 saturated carbocycles. The minimum absolute atomic E-state index is 0.260. The molecule has 0 saturated heterocycles. The molecule has 0 aliphatic rings. The van der Waals surface area contributed by atoms with Gasteiger partial charge in [-0.2, -0.15) is 0 Å². The summed E-state index contributed by atoms with van der Waals surface area (Å²) in [6.07, 6.45) is 0. The number of para-hydroxylation sites is 2. The number of hydrogen-bond acceptors (Lipinski definition) is 2. The lowest BCUT2D eigenvalue weighted by Gasteiger charge is -2.12. The lowest BCUT2D eigenvalue weighted by Crippen LogP contribution is -1.97. The Morgan fingerprint density at radius 2 is 0.754 bits per heavy atom. The molecule has 3 aromatic heterocycles. The van der Waals surface area contributed by atoms with E-state index >= 15 is 0 Å². The molecular formula is C52H33FN4. The van der Waals surface area contributed by atoms with Crippen molar-refractivity contribution in [2.24, 2.45) is 0 Å². The van der Waals surface area contributed by atoms with Crippen LogP contribution >= 0.6 is 0 Å². The molecular weight excluding hydrogens is 700 g/mol. The van der Waals surface area contributed by atoms with Gasteiger partial charge in [-0.25, -0.2) is 14.4 Å². The Morgan fingerprint density at radius 3 is 1.39 bits per heavy atom. The molecule has 0 aliphatic heterocycles. The molecule has 8 aromatic carbocycles. The van der Waals surface area contributed by atoms with Crippen LogP contribution in [0.4, 0.5) is 4.39 Å². The third kappa shape index (κ3) is 5.59. The van der Waals surface area contributed by atoms with Gasteiger partial charge in [-0.05, 0) is 90.0 Å². The van der Waals surface area contributed by atoms with Gasteiger partial charge < -0.3 is 9.13 Å². The van der Waals surface area contributed by atoms with Crippen LogP contribution in [-0.2, 0) is 0 Å². The van der Waals surface area contributed by atoms with Crippen LogP contribution in [0.1, 0.15) is 0 Å². The zero-order valence-corrected chi connectivity index (χ0v) is 30.7. The van der Waals surface area contributed by atoms with Crippen molar-refractivity contribution in [3.8, 4) is 56.4 Å². The highest BCUT2D eigenvalue weighted by Gasteiger charge is 2.17. The summed E-state index contributed by atoms with van der Waals surface area (Å²) >= 11 is 0. The summed E-state index contributed by atoms with van der Waals surface area (Å²) in [6.45, 7) is 0. The van der Waals surface area contributed by atoms with Crippen molar-refractivity contribution in [2.75, 3.05) is 0 Å². The van der Waals surface area contributed by atoms with E-state index in [9.17, 15) is 4.39 Å². The molecule has 4 nitrogen and oxygen atoms in total. The molecule has 0 unspecified atom stereocenters. The van der Waals surface area contributed by atoms with Crippen LogP contribution in [0.3, 0.4) is 0 Å². The number of rotatable bonds is 6. The van der Waals surface area contributed by atoms with E-state index in [-0.39, 0.29) is 5.82 Å². The lowest BCUT2D eigenvalue weighted by molar-refractivity contribution is 0.629. The highest BCUT2D eigenvalue weighted by molar-refractivity contribution is 6.12. The van der Waals surface area contributed by atoms with Crippen molar-refractivity contribution >= 4 is 43.6 Å². The maximum Gasteiger partial charge on any atom is 0.160 e. The summed E-state index contributed by atoms with van der Waals surface area (Å²) < 4.78 is 19.5.